The summed E-state index contributed by atoms with van der Waals surface area (Å²) in [6, 6.07) is 56.2. The Morgan fingerprint density at radius 3 is 0.900 bits per heavy atom. The Balaban J connectivity index is 1.38. The highest BCUT2D eigenvalue weighted by molar-refractivity contribution is 6.61. The Hall–Kier alpha value is -7.68. The molecule has 0 fully saturated rings. The first-order valence-electron chi connectivity index (χ1n) is 20.3. The zero-order valence-electron chi connectivity index (χ0n) is 34.0. The normalized spacial score (nSPS) is 13.2. The van der Waals surface area contributed by atoms with Crippen molar-refractivity contribution >= 4 is 57.9 Å². The summed E-state index contributed by atoms with van der Waals surface area (Å²) >= 11 is 0. The van der Waals surface area contributed by atoms with Crippen LogP contribution in [0.5, 0.6) is 0 Å². The average molecular weight is 769 g/mol. The van der Waals surface area contributed by atoms with Crippen LogP contribution in [-0.2, 0) is 0 Å². The van der Waals surface area contributed by atoms with Crippen molar-refractivity contribution in [3.8, 4) is 44.5 Å². The molecule has 0 heterocycles. The zero-order chi connectivity index (χ0) is 41.3. The molecule has 1 aliphatic rings. The van der Waals surface area contributed by atoms with E-state index in [0.29, 0.717) is 0 Å². The number of aliphatic imine (C=N–C) groups is 2. The van der Waals surface area contributed by atoms with Gasteiger partial charge in [-0.05, 0) is 99.1 Å². The fourth-order valence-electron chi connectivity index (χ4n) is 8.31. The number of hydrogen-bond acceptors (Lipinski definition) is 2. The number of nitrogens with zero attached hydrogens (tertiary/aromatic N) is 2. The minimum Gasteiger partial charge on any atom is -0.245 e. The van der Waals surface area contributed by atoms with Crippen molar-refractivity contribution in [2.24, 2.45) is 9.98 Å². The van der Waals surface area contributed by atoms with Crippen molar-refractivity contribution in [2.45, 2.75) is 13.8 Å². The van der Waals surface area contributed by atoms with Crippen molar-refractivity contribution in [3.63, 3.8) is 0 Å². The van der Waals surface area contributed by atoms with E-state index in [1.807, 2.05) is 24.3 Å². The van der Waals surface area contributed by atoms with Gasteiger partial charge in [-0.2, -0.15) is 0 Å². The van der Waals surface area contributed by atoms with Crippen LogP contribution in [0.15, 0.2) is 194 Å². The SMILES string of the molecule is C=Cc1ccc(-c2cc(C)cc(-c3ccc(C=C)cc3)c2N=C2C(=Nc3c(-c4ccc(C=C)cc4)cc(C)cc3-c3ccc(C=C)cc3)c3cccc4cccc2c34)cc1. The van der Waals surface area contributed by atoms with Crippen LogP contribution < -0.4 is 0 Å². The number of aryl methyl sites for hydroxylation is 2. The second-order valence-electron chi connectivity index (χ2n) is 15.4. The number of benzene rings is 8. The fourth-order valence-corrected chi connectivity index (χ4v) is 8.31. The molecule has 0 spiro atoms. The summed E-state index contributed by atoms with van der Waals surface area (Å²) in [4.78, 5) is 11.7. The van der Waals surface area contributed by atoms with Crippen molar-refractivity contribution in [2.75, 3.05) is 0 Å². The highest BCUT2D eigenvalue weighted by atomic mass is 14.8. The largest absolute Gasteiger partial charge is 0.245 e. The second-order valence-corrected chi connectivity index (χ2v) is 15.4. The van der Waals surface area contributed by atoms with E-state index < -0.39 is 0 Å². The van der Waals surface area contributed by atoms with E-state index in [9.17, 15) is 0 Å². The zero-order valence-corrected chi connectivity index (χ0v) is 34.0. The number of hydrogen-bond donors (Lipinski definition) is 0. The summed E-state index contributed by atoms with van der Waals surface area (Å²) in [6.45, 7) is 20.3. The molecule has 8 aromatic carbocycles. The lowest BCUT2D eigenvalue weighted by molar-refractivity contribution is 1.41. The standard InChI is InChI=1S/C58H44N2/c1-7-39-17-25-43(26-18-39)50-33-37(5)34-51(44-27-19-40(8-2)20-28-44)55(50)59-57-48-15-11-13-47-14-12-16-49(54(47)48)58(57)60-56-52(45-29-21-41(9-3)22-30-45)35-38(6)36-53(56)46-31-23-42(10-4)24-32-46/h7-36H,1-4H2,5-6H3. The van der Waals surface area contributed by atoms with Crippen LogP contribution in [0.1, 0.15) is 44.5 Å². The topological polar surface area (TPSA) is 24.7 Å². The molecular weight excluding hydrogens is 725 g/mol. The summed E-state index contributed by atoms with van der Waals surface area (Å²) in [6.07, 6.45) is 7.51. The van der Waals surface area contributed by atoms with E-state index in [-0.39, 0.29) is 0 Å². The highest BCUT2D eigenvalue weighted by Gasteiger charge is 2.29. The Morgan fingerprint density at radius 2 is 0.633 bits per heavy atom. The van der Waals surface area contributed by atoms with E-state index >= 15 is 0 Å². The molecule has 0 aromatic heterocycles. The predicted octanol–water partition coefficient (Wildman–Crippen LogP) is 16.0. The molecule has 1 aliphatic carbocycles. The van der Waals surface area contributed by atoms with Gasteiger partial charge in [-0.25, -0.2) is 9.98 Å². The van der Waals surface area contributed by atoms with Gasteiger partial charge in [0, 0.05) is 38.8 Å². The summed E-state index contributed by atoms with van der Waals surface area (Å²) in [5.74, 6) is 0. The van der Waals surface area contributed by atoms with Gasteiger partial charge in [0.15, 0.2) is 0 Å². The molecule has 0 N–H and O–H groups in total. The van der Waals surface area contributed by atoms with Gasteiger partial charge < -0.3 is 0 Å². The third-order valence-corrected chi connectivity index (χ3v) is 11.4. The molecular formula is C58H44N2. The van der Waals surface area contributed by atoms with Crippen LogP contribution >= 0.6 is 0 Å². The summed E-state index contributed by atoms with van der Waals surface area (Å²) in [5, 5.41) is 2.30. The lowest BCUT2D eigenvalue weighted by Crippen LogP contribution is -2.11. The minimum atomic E-state index is 0.833. The second kappa shape index (κ2) is 15.9. The summed E-state index contributed by atoms with van der Waals surface area (Å²) in [5.41, 5.74) is 20.6. The van der Waals surface area contributed by atoms with E-state index in [2.05, 4.69) is 198 Å². The van der Waals surface area contributed by atoms with Crippen LogP contribution in [0.25, 0.3) is 79.6 Å². The molecule has 0 atom stereocenters. The van der Waals surface area contributed by atoms with Crippen LogP contribution in [0.2, 0.25) is 0 Å². The maximum absolute atomic E-state index is 5.85. The first kappa shape index (κ1) is 37.9. The Kier molecular flexibility index (Phi) is 10.1. The van der Waals surface area contributed by atoms with E-state index in [0.717, 1.165) is 123 Å². The van der Waals surface area contributed by atoms with Gasteiger partial charge in [0.25, 0.3) is 0 Å². The van der Waals surface area contributed by atoms with Crippen molar-refractivity contribution in [1.82, 2.24) is 0 Å². The average Bonchev–Trinajstić information content (AvgIpc) is 3.59. The smallest absolute Gasteiger partial charge is 0.0979 e. The highest BCUT2D eigenvalue weighted by Crippen LogP contribution is 2.45. The first-order valence-corrected chi connectivity index (χ1v) is 20.3. The maximum atomic E-state index is 5.85. The van der Waals surface area contributed by atoms with Crippen molar-refractivity contribution in [1.29, 1.82) is 0 Å². The minimum absolute atomic E-state index is 0.833. The van der Waals surface area contributed by atoms with Crippen LogP contribution in [0, 0.1) is 13.8 Å². The molecule has 0 saturated heterocycles. The lowest BCUT2D eigenvalue weighted by Gasteiger charge is -2.17. The molecule has 0 bridgehead atoms. The van der Waals surface area contributed by atoms with Crippen LogP contribution in [-0.4, -0.2) is 11.4 Å². The molecule has 2 heteroatoms. The molecule has 0 radical (unpaired) electrons. The molecule has 2 nitrogen and oxygen atoms in total. The molecule has 0 saturated carbocycles. The van der Waals surface area contributed by atoms with Gasteiger partial charge in [0.05, 0.1) is 22.8 Å². The van der Waals surface area contributed by atoms with Gasteiger partial charge in [-0.3, -0.25) is 0 Å². The molecule has 8 aromatic rings. The Labute approximate surface area is 353 Å². The van der Waals surface area contributed by atoms with E-state index in [1.54, 1.807) is 0 Å². The first-order chi connectivity index (χ1) is 29.3. The summed E-state index contributed by atoms with van der Waals surface area (Å²) in [7, 11) is 0. The molecule has 286 valence electrons. The van der Waals surface area contributed by atoms with Crippen molar-refractivity contribution < 1.29 is 0 Å². The Bertz CT molecular complexity index is 2710. The Morgan fingerprint density at radius 1 is 0.350 bits per heavy atom. The van der Waals surface area contributed by atoms with Crippen LogP contribution in [0.4, 0.5) is 11.4 Å². The van der Waals surface area contributed by atoms with E-state index in [4.69, 9.17) is 9.98 Å². The molecule has 0 amide bonds. The quantitative estimate of drug-likeness (QED) is 0.132. The van der Waals surface area contributed by atoms with Gasteiger partial charge in [0.1, 0.15) is 0 Å². The molecule has 9 rings (SSSR count). The fraction of sp³-hybridized carbons (Fsp3) is 0.0345. The van der Waals surface area contributed by atoms with Gasteiger partial charge in [-0.15, -0.1) is 0 Å². The van der Waals surface area contributed by atoms with Crippen LogP contribution in [0.3, 0.4) is 0 Å². The van der Waals surface area contributed by atoms with Crippen molar-refractivity contribution in [3.05, 3.63) is 229 Å². The molecule has 0 aliphatic heterocycles. The summed E-state index contributed by atoms with van der Waals surface area (Å²) < 4.78 is 0. The molecule has 60 heavy (non-hydrogen) atoms. The number of rotatable bonds is 10. The van der Waals surface area contributed by atoms with Gasteiger partial charge in [0.2, 0.25) is 0 Å². The van der Waals surface area contributed by atoms with Gasteiger partial charge in [-0.1, -0.05) is 184 Å². The molecule has 0 unspecified atom stereocenters. The lowest BCUT2D eigenvalue weighted by atomic mass is 9.92. The maximum Gasteiger partial charge on any atom is 0.0979 e. The van der Waals surface area contributed by atoms with E-state index in [1.165, 1.54) is 0 Å². The third-order valence-electron chi connectivity index (χ3n) is 11.4. The van der Waals surface area contributed by atoms with Gasteiger partial charge >= 0.3 is 0 Å². The third kappa shape index (κ3) is 6.99. The monoisotopic (exact) mass is 768 g/mol. The predicted molar refractivity (Wildman–Crippen MR) is 261 cm³/mol.